The van der Waals surface area contributed by atoms with Crippen LogP contribution in [0, 0.1) is 18.8 Å². The van der Waals surface area contributed by atoms with Crippen LogP contribution in [0.2, 0.25) is 0 Å². The largest absolute Gasteiger partial charge is 0.320 e. The fourth-order valence-electron chi connectivity index (χ4n) is 1.79. The van der Waals surface area contributed by atoms with Gasteiger partial charge in [0.15, 0.2) is 0 Å². The molecule has 4 nitrogen and oxygen atoms in total. The molecule has 0 aliphatic heterocycles. The first kappa shape index (κ1) is 14.1. The van der Waals surface area contributed by atoms with Crippen molar-refractivity contribution in [2.75, 3.05) is 6.54 Å². The number of aryl methyl sites for hydroxylation is 1. The first-order chi connectivity index (χ1) is 8.86. The first-order valence-corrected chi connectivity index (χ1v) is 7.68. The molecule has 1 aromatic rings. The first-order valence-electron chi connectivity index (χ1n) is 6.20. The molecule has 19 heavy (non-hydrogen) atoms. The Bertz CT molecular complexity index is 650. The monoisotopic (exact) mass is 278 g/mol. The smallest absolute Gasteiger partial charge is 0.241 e. The second kappa shape index (κ2) is 4.97. The third-order valence-corrected chi connectivity index (χ3v) is 4.97. The number of nitrogens with one attached hydrogen (secondary N) is 1. The van der Waals surface area contributed by atoms with Crippen molar-refractivity contribution in [1.82, 2.24) is 4.72 Å². The molecule has 102 valence electrons. The van der Waals surface area contributed by atoms with Crippen LogP contribution in [-0.4, -0.2) is 20.5 Å². The lowest BCUT2D eigenvalue weighted by atomic mass is 10.1. The van der Waals surface area contributed by atoms with E-state index in [-0.39, 0.29) is 12.1 Å². The van der Waals surface area contributed by atoms with E-state index in [4.69, 9.17) is 5.73 Å². The molecule has 0 spiro atoms. The molecule has 0 heterocycles. The van der Waals surface area contributed by atoms with Gasteiger partial charge in [-0.05, 0) is 44.4 Å². The number of hydrogen-bond acceptors (Lipinski definition) is 3. The second-order valence-electron chi connectivity index (χ2n) is 5.15. The van der Waals surface area contributed by atoms with E-state index in [1.54, 1.807) is 25.1 Å². The van der Waals surface area contributed by atoms with Gasteiger partial charge in [0, 0.05) is 11.1 Å². The van der Waals surface area contributed by atoms with E-state index in [1.807, 2.05) is 6.92 Å². The van der Waals surface area contributed by atoms with Crippen molar-refractivity contribution in [2.24, 2.45) is 5.73 Å². The van der Waals surface area contributed by atoms with Crippen LogP contribution < -0.4 is 10.5 Å². The summed E-state index contributed by atoms with van der Waals surface area (Å²) in [5.74, 6) is 5.58. The summed E-state index contributed by atoms with van der Waals surface area (Å²) in [6.45, 7) is 3.95. The van der Waals surface area contributed by atoms with Gasteiger partial charge in [0.1, 0.15) is 0 Å². The Labute approximate surface area is 114 Å². The van der Waals surface area contributed by atoms with Crippen LogP contribution in [0.1, 0.15) is 30.9 Å². The maximum Gasteiger partial charge on any atom is 0.241 e. The van der Waals surface area contributed by atoms with Crippen LogP contribution in [0.25, 0.3) is 0 Å². The predicted molar refractivity (Wildman–Crippen MR) is 75.1 cm³/mol. The lowest BCUT2D eigenvalue weighted by Crippen LogP contribution is -2.34. The summed E-state index contributed by atoms with van der Waals surface area (Å²) < 4.78 is 27.4. The van der Waals surface area contributed by atoms with E-state index < -0.39 is 10.0 Å². The van der Waals surface area contributed by atoms with Gasteiger partial charge >= 0.3 is 0 Å². The Morgan fingerprint density at radius 1 is 1.42 bits per heavy atom. The molecule has 0 unspecified atom stereocenters. The summed E-state index contributed by atoms with van der Waals surface area (Å²) in [5.41, 5.74) is 6.43. The highest BCUT2D eigenvalue weighted by molar-refractivity contribution is 7.89. The van der Waals surface area contributed by atoms with Gasteiger partial charge in [-0.25, -0.2) is 13.1 Å². The molecule has 2 rings (SSSR count). The van der Waals surface area contributed by atoms with Crippen molar-refractivity contribution in [3.8, 4) is 11.8 Å². The summed E-state index contributed by atoms with van der Waals surface area (Å²) in [6, 6.07) is 5.17. The van der Waals surface area contributed by atoms with Gasteiger partial charge in [-0.3, -0.25) is 0 Å². The highest BCUT2D eigenvalue weighted by Crippen LogP contribution is 2.36. The molecule has 1 aliphatic carbocycles. The van der Waals surface area contributed by atoms with E-state index in [2.05, 4.69) is 16.6 Å². The van der Waals surface area contributed by atoms with Crippen LogP contribution in [0.3, 0.4) is 0 Å². The van der Waals surface area contributed by atoms with E-state index in [9.17, 15) is 8.42 Å². The van der Waals surface area contributed by atoms with Crippen LogP contribution in [0.5, 0.6) is 0 Å². The molecule has 1 fully saturated rings. The van der Waals surface area contributed by atoms with Gasteiger partial charge in [0.25, 0.3) is 0 Å². The molecule has 0 bridgehead atoms. The molecular weight excluding hydrogens is 260 g/mol. The van der Waals surface area contributed by atoms with Crippen molar-refractivity contribution in [2.45, 2.75) is 37.1 Å². The zero-order valence-electron chi connectivity index (χ0n) is 11.2. The van der Waals surface area contributed by atoms with Crippen molar-refractivity contribution >= 4 is 10.0 Å². The predicted octanol–water partition coefficient (Wildman–Crippen LogP) is 1.14. The van der Waals surface area contributed by atoms with E-state index in [0.29, 0.717) is 10.5 Å². The Hall–Kier alpha value is -1.35. The van der Waals surface area contributed by atoms with E-state index >= 15 is 0 Å². The van der Waals surface area contributed by atoms with Crippen molar-refractivity contribution in [1.29, 1.82) is 0 Å². The van der Waals surface area contributed by atoms with Gasteiger partial charge in [0.05, 0.1) is 11.4 Å². The van der Waals surface area contributed by atoms with Crippen molar-refractivity contribution in [3.05, 3.63) is 29.3 Å². The van der Waals surface area contributed by atoms with Crippen LogP contribution in [0.4, 0.5) is 0 Å². The maximum atomic E-state index is 12.4. The summed E-state index contributed by atoms with van der Waals surface area (Å²) in [4.78, 5) is 0.296. The third kappa shape index (κ3) is 3.35. The van der Waals surface area contributed by atoms with Crippen LogP contribution in [0.15, 0.2) is 23.1 Å². The molecule has 1 saturated carbocycles. The van der Waals surface area contributed by atoms with E-state index in [1.165, 1.54) is 0 Å². The van der Waals surface area contributed by atoms with Gasteiger partial charge in [0.2, 0.25) is 10.0 Å². The van der Waals surface area contributed by atoms with Crippen molar-refractivity contribution < 1.29 is 8.42 Å². The van der Waals surface area contributed by atoms with Gasteiger partial charge < -0.3 is 5.73 Å². The Balaban J connectivity index is 2.37. The molecular formula is C14H18N2O2S. The fraction of sp³-hybridized carbons (Fsp3) is 0.429. The normalized spacial score (nSPS) is 16.6. The molecule has 0 saturated heterocycles. The summed E-state index contributed by atoms with van der Waals surface area (Å²) >= 11 is 0. The molecule has 0 aromatic heterocycles. The second-order valence-corrected chi connectivity index (χ2v) is 6.80. The summed E-state index contributed by atoms with van der Waals surface area (Å²) in [7, 11) is -3.48. The fourth-order valence-corrected chi connectivity index (χ4v) is 3.53. The minimum Gasteiger partial charge on any atom is -0.320 e. The average Bonchev–Trinajstić information content (AvgIpc) is 3.04. The zero-order chi connectivity index (χ0) is 14.1. The molecule has 0 amide bonds. The van der Waals surface area contributed by atoms with Crippen LogP contribution >= 0.6 is 0 Å². The van der Waals surface area contributed by atoms with Gasteiger partial charge in [-0.2, -0.15) is 0 Å². The molecule has 1 aliphatic rings. The van der Waals surface area contributed by atoms with E-state index in [0.717, 1.165) is 18.4 Å². The molecule has 0 radical (unpaired) electrons. The van der Waals surface area contributed by atoms with Crippen molar-refractivity contribution in [3.63, 3.8) is 0 Å². The highest BCUT2D eigenvalue weighted by atomic mass is 32.2. The minimum absolute atomic E-state index is 0.256. The zero-order valence-corrected chi connectivity index (χ0v) is 12.0. The molecule has 1 aromatic carbocycles. The third-order valence-electron chi connectivity index (χ3n) is 3.19. The number of hydrogen-bond donors (Lipinski definition) is 2. The van der Waals surface area contributed by atoms with Gasteiger partial charge in [-0.1, -0.05) is 17.9 Å². The number of sulfonamides is 1. The average molecular weight is 278 g/mol. The van der Waals surface area contributed by atoms with Gasteiger partial charge in [-0.15, -0.1) is 0 Å². The lowest BCUT2D eigenvalue weighted by Gasteiger charge is -2.14. The standard InChI is InChI=1S/C14H18N2O2S/c1-11-5-6-12(4-3-9-15)10-13(11)19(17,18)16-14(2)7-8-14/h5-6,10,16H,7-9,15H2,1-2H3. The Kier molecular flexibility index (Phi) is 3.68. The summed E-state index contributed by atoms with van der Waals surface area (Å²) in [5, 5.41) is 0. The topological polar surface area (TPSA) is 72.2 Å². The quantitative estimate of drug-likeness (QED) is 0.814. The number of benzene rings is 1. The Morgan fingerprint density at radius 3 is 2.68 bits per heavy atom. The summed E-state index contributed by atoms with van der Waals surface area (Å²) in [6.07, 6.45) is 1.77. The van der Waals surface area contributed by atoms with Crippen LogP contribution in [-0.2, 0) is 10.0 Å². The highest BCUT2D eigenvalue weighted by Gasteiger charge is 2.41. The molecule has 3 N–H and O–H groups in total. The molecule has 5 heteroatoms. The minimum atomic E-state index is -3.48. The lowest BCUT2D eigenvalue weighted by molar-refractivity contribution is 0.557. The maximum absolute atomic E-state index is 12.4. The molecule has 0 atom stereocenters. The Morgan fingerprint density at radius 2 is 2.11 bits per heavy atom. The SMILES string of the molecule is Cc1ccc(C#CCN)cc1S(=O)(=O)NC1(C)CC1. The number of rotatable bonds is 3. The number of nitrogens with two attached hydrogens (primary N) is 1.